The first-order valence-electron chi connectivity index (χ1n) is 12.2. The Morgan fingerprint density at radius 3 is 2.50 bits per heavy atom. The number of nitrogens with one attached hydrogen (secondary N) is 3. The quantitative estimate of drug-likeness (QED) is 0.284. The number of amides is 2. The molecule has 0 saturated carbocycles. The van der Waals surface area contributed by atoms with Gasteiger partial charge in [0.25, 0.3) is 5.91 Å². The van der Waals surface area contributed by atoms with Gasteiger partial charge in [0, 0.05) is 28.0 Å². The Kier molecular flexibility index (Phi) is 9.38. The highest BCUT2D eigenvalue weighted by molar-refractivity contribution is 8.03. The van der Waals surface area contributed by atoms with Gasteiger partial charge in [-0.25, -0.2) is 0 Å². The van der Waals surface area contributed by atoms with Crippen LogP contribution < -0.4 is 25.4 Å². The van der Waals surface area contributed by atoms with Gasteiger partial charge in [0.1, 0.15) is 11.5 Å². The van der Waals surface area contributed by atoms with Crippen molar-refractivity contribution >= 4 is 46.6 Å². The van der Waals surface area contributed by atoms with Crippen LogP contribution in [0.25, 0.3) is 0 Å². The zero-order valence-electron chi connectivity index (χ0n) is 22.1. The highest BCUT2D eigenvalue weighted by Gasteiger charge is 2.36. The van der Waals surface area contributed by atoms with Crippen LogP contribution in [0.1, 0.15) is 18.4 Å². The number of ether oxygens (including phenoxy) is 2. The summed E-state index contributed by atoms with van der Waals surface area (Å²) < 4.78 is 10.6. The van der Waals surface area contributed by atoms with Crippen molar-refractivity contribution in [1.82, 2.24) is 5.32 Å². The highest BCUT2D eigenvalue weighted by atomic mass is 35.5. The number of hydrogen-bond acceptors (Lipinski definition) is 7. The predicted octanol–water partition coefficient (Wildman–Crippen LogP) is 6.06. The maximum Gasteiger partial charge on any atom is 0.254 e. The predicted molar refractivity (Wildman–Crippen MR) is 158 cm³/mol. The fraction of sp³-hybridized carbons (Fsp3) is 0.167. The summed E-state index contributed by atoms with van der Waals surface area (Å²) in [4.78, 5) is 26.5. The zero-order chi connectivity index (χ0) is 28.6. The summed E-state index contributed by atoms with van der Waals surface area (Å²) in [6.45, 7) is 1.76. The van der Waals surface area contributed by atoms with Crippen molar-refractivity contribution in [2.75, 3.05) is 30.6 Å². The van der Waals surface area contributed by atoms with Gasteiger partial charge in [0.15, 0.2) is 0 Å². The molecule has 0 saturated heterocycles. The number of para-hydroxylation sites is 2. The third-order valence-electron chi connectivity index (χ3n) is 6.16. The Morgan fingerprint density at radius 2 is 1.77 bits per heavy atom. The molecule has 1 aliphatic heterocycles. The number of dihydropyridines is 1. The summed E-state index contributed by atoms with van der Waals surface area (Å²) in [6, 6.07) is 23.5. The summed E-state index contributed by atoms with van der Waals surface area (Å²) in [6.07, 6.45) is 0. The van der Waals surface area contributed by atoms with E-state index < -0.39 is 11.8 Å². The smallest absolute Gasteiger partial charge is 0.254 e. The maximum atomic E-state index is 13.7. The van der Waals surface area contributed by atoms with Crippen LogP contribution in [0, 0.1) is 11.3 Å². The van der Waals surface area contributed by atoms with Crippen LogP contribution in [-0.4, -0.2) is 31.8 Å². The van der Waals surface area contributed by atoms with E-state index in [-0.39, 0.29) is 17.2 Å². The van der Waals surface area contributed by atoms with Crippen LogP contribution in [0.2, 0.25) is 5.02 Å². The number of methoxy groups -OCH3 is 2. The van der Waals surface area contributed by atoms with Gasteiger partial charge in [-0.1, -0.05) is 59.8 Å². The van der Waals surface area contributed by atoms with Gasteiger partial charge in [-0.2, -0.15) is 5.26 Å². The summed E-state index contributed by atoms with van der Waals surface area (Å²) in [5.74, 6) is -0.292. The molecular weight excluding hydrogens is 548 g/mol. The fourth-order valence-electron chi connectivity index (χ4n) is 4.32. The minimum Gasteiger partial charge on any atom is -0.497 e. The maximum absolute atomic E-state index is 13.7. The van der Waals surface area contributed by atoms with Gasteiger partial charge in [-0.3, -0.25) is 9.59 Å². The SMILES string of the molecule is COc1cccc(NC(=O)CSC2=C(C#N)[C@H](c3ccccc3Cl)C(C(=O)Nc3ccccc3OC)=C(C)N2)c1. The van der Waals surface area contributed by atoms with E-state index >= 15 is 0 Å². The average molecular weight is 575 g/mol. The number of carbonyl (C=O) groups excluding carboxylic acids is 2. The lowest BCUT2D eigenvalue weighted by Gasteiger charge is -2.30. The summed E-state index contributed by atoms with van der Waals surface area (Å²) in [5, 5.41) is 20.1. The second-order valence-electron chi connectivity index (χ2n) is 8.70. The number of rotatable bonds is 9. The number of hydrogen-bond donors (Lipinski definition) is 3. The molecular formula is C30H27ClN4O4S. The minimum absolute atomic E-state index is 0.0238. The molecule has 3 N–H and O–H groups in total. The lowest BCUT2D eigenvalue weighted by atomic mass is 9.82. The Labute approximate surface area is 242 Å². The molecule has 204 valence electrons. The molecule has 0 spiro atoms. The van der Waals surface area contributed by atoms with E-state index in [9.17, 15) is 14.9 Å². The van der Waals surface area contributed by atoms with Crippen LogP contribution in [-0.2, 0) is 9.59 Å². The molecule has 0 radical (unpaired) electrons. The van der Waals surface area contributed by atoms with Gasteiger partial charge in [0.2, 0.25) is 5.91 Å². The molecule has 8 nitrogen and oxygen atoms in total. The average Bonchev–Trinajstić information content (AvgIpc) is 2.96. The molecule has 40 heavy (non-hydrogen) atoms. The number of halogens is 1. The molecule has 0 aromatic heterocycles. The Hall–Kier alpha value is -4.39. The molecule has 0 bridgehead atoms. The van der Waals surface area contributed by atoms with Gasteiger partial charge in [0.05, 0.1) is 48.2 Å². The summed E-state index contributed by atoms with van der Waals surface area (Å²) in [5.41, 5.74) is 2.84. The summed E-state index contributed by atoms with van der Waals surface area (Å²) in [7, 11) is 3.08. The normalized spacial score (nSPS) is 14.6. The first-order chi connectivity index (χ1) is 19.4. The second-order valence-corrected chi connectivity index (χ2v) is 10.1. The third kappa shape index (κ3) is 6.42. The van der Waals surface area contributed by atoms with Crippen molar-refractivity contribution in [2.24, 2.45) is 0 Å². The summed E-state index contributed by atoms with van der Waals surface area (Å²) >= 11 is 7.76. The molecule has 0 aliphatic carbocycles. The van der Waals surface area contributed by atoms with E-state index in [1.165, 1.54) is 18.9 Å². The number of anilines is 2. The van der Waals surface area contributed by atoms with E-state index in [0.29, 0.717) is 49.8 Å². The third-order valence-corrected chi connectivity index (χ3v) is 7.53. The highest BCUT2D eigenvalue weighted by Crippen LogP contribution is 2.43. The Balaban J connectivity index is 1.64. The van der Waals surface area contributed by atoms with Crippen molar-refractivity contribution in [2.45, 2.75) is 12.8 Å². The first-order valence-corrected chi connectivity index (χ1v) is 13.6. The molecule has 3 aromatic carbocycles. The van der Waals surface area contributed by atoms with Crippen LogP contribution in [0.5, 0.6) is 11.5 Å². The molecule has 1 aliphatic rings. The lowest BCUT2D eigenvalue weighted by Crippen LogP contribution is -2.31. The van der Waals surface area contributed by atoms with Gasteiger partial charge in [-0.15, -0.1) is 0 Å². The lowest BCUT2D eigenvalue weighted by molar-refractivity contribution is -0.114. The van der Waals surface area contributed by atoms with Crippen molar-refractivity contribution in [3.05, 3.63) is 105 Å². The second kappa shape index (κ2) is 13.1. The van der Waals surface area contributed by atoms with Crippen LogP contribution >= 0.6 is 23.4 Å². The van der Waals surface area contributed by atoms with E-state index in [1.54, 1.807) is 86.8 Å². The molecule has 4 rings (SSSR count). The van der Waals surface area contributed by atoms with Crippen LogP contribution in [0.3, 0.4) is 0 Å². The first kappa shape index (κ1) is 28.6. The molecule has 2 amide bonds. The van der Waals surface area contributed by atoms with E-state index in [2.05, 4.69) is 22.0 Å². The van der Waals surface area contributed by atoms with Crippen molar-refractivity contribution in [3.8, 4) is 17.6 Å². The largest absolute Gasteiger partial charge is 0.497 e. The van der Waals surface area contributed by atoms with Gasteiger partial charge >= 0.3 is 0 Å². The molecule has 1 heterocycles. The molecule has 1 atom stereocenters. The van der Waals surface area contributed by atoms with Gasteiger partial charge < -0.3 is 25.4 Å². The van der Waals surface area contributed by atoms with Crippen LogP contribution in [0.4, 0.5) is 11.4 Å². The monoisotopic (exact) mass is 574 g/mol. The number of nitriles is 1. The van der Waals surface area contributed by atoms with Crippen LogP contribution in [0.15, 0.2) is 94.7 Å². The topological polar surface area (TPSA) is 112 Å². The van der Waals surface area contributed by atoms with Crippen molar-refractivity contribution < 1.29 is 19.1 Å². The molecule has 0 fully saturated rings. The van der Waals surface area contributed by atoms with Gasteiger partial charge in [-0.05, 0) is 42.8 Å². The van der Waals surface area contributed by atoms with E-state index in [0.717, 1.165) is 0 Å². The minimum atomic E-state index is -0.765. The fourth-order valence-corrected chi connectivity index (χ4v) is 5.46. The van der Waals surface area contributed by atoms with Crippen molar-refractivity contribution in [1.29, 1.82) is 5.26 Å². The van der Waals surface area contributed by atoms with E-state index in [4.69, 9.17) is 21.1 Å². The Morgan fingerprint density at radius 1 is 1.02 bits per heavy atom. The number of nitrogens with zero attached hydrogens (tertiary/aromatic N) is 1. The molecule has 0 unspecified atom stereocenters. The molecule has 10 heteroatoms. The Bertz CT molecular complexity index is 1550. The van der Waals surface area contributed by atoms with E-state index in [1.807, 2.05) is 0 Å². The number of carbonyl (C=O) groups is 2. The zero-order valence-corrected chi connectivity index (χ0v) is 23.7. The van der Waals surface area contributed by atoms with Crippen molar-refractivity contribution in [3.63, 3.8) is 0 Å². The molecule has 3 aromatic rings. The standard InChI is InChI=1S/C30H27ClN4O4S/c1-18-27(29(37)35-24-13-6-7-14-25(24)39-3)28(21-11-4-5-12-23(21)31)22(16-32)30(33-18)40-17-26(36)34-19-9-8-10-20(15-19)38-2/h4-15,28,33H,17H2,1-3H3,(H,34,36)(H,35,37)/t28-/m0/s1. The number of allylic oxidation sites excluding steroid dienone is 2. The number of benzene rings is 3. The number of thioether (sulfide) groups is 1.